The van der Waals surface area contributed by atoms with Crippen LogP contribution in [0.15, 0.2) is 24.3 Å². The highest BCUT2D eigenvalue weighted by atomic mass is 16.2. The van der Waals surface area contributed by atoms with E-state index < -0.39 is 0 Å². The lowest BCUT2D eigenvalue weighted by Gasteiger charge is -2.21. The predicted octanol–water partition coefficient (Wildman–Crippen LogP) is 0.157. The number of nitrogens with one attached hydrogen (secondary N) is 1. The number of nitrogens with two attached hydrogens (primary N) is 2. The summed E-state index contributed by atoms with van der Waals surface area (Å²) in [5.41, 5.74) is 12.2. The summed E-state index contributed by atoms with van der Waals surface area (Å²) in [5, 5.41) is 2.74. The van der Waals surface area contributed by atoms with Crippen molar-refractivity contribution in [2.45, 2.75) is 18.9 Å². The molecule has 1 fully saturated rings. The molecule has 0 saturated carbocycles. The van der Waals surface area contributed by atoms with Gasteiger partial charge < -0.3 is 16.8 Å². The molecule has 0 aliphatic carbocycles. The van der Waals surface area contributed by atoms with Crippen LogP contribution in [0.25, 0.3) is 0 Å². The number of para-hydroxylation sites is 2. The first kappa shape index (κ1) is 13.4. The highest BCUT2D eigenvalue weighted by Gasteiger charge is 2.30. The van der Waals surface area contributed by atoms with Gasteiger partial charge in [0.15, 0.2) is 0 Å². The summed E-state index contributed by atoms with van der Waals surface area (Å²) in [4.78, 5) is 25.0. The number of rotatable bonds is 4. The molecule has 0 radical (unpaired) electrons. The molecule has 0 bridgehead atoms. The highest BCUT2D eigenvalue weighted by Crippen LogP contribution is 2.19. The average molecular weight is 262 g/mol. The molecular formula is C13H18N4O2. The van der Waals surface area contributed by atoms with E-state index in [9.17, 15) is 9.59 Å². The molecular weight excluding hydrogens is 244 g/mol. The van der Waals surface area contributed by atoms with E-state index in [2.05, 4.69) is 5.32 Å². The van der Waals surface area contributed by atoms with E-state index in [1.165, 1.54) is 0 Å². The first-order valence-corrected chi connectivity index (χ1v) is 6.25. The second kappa shape index (κ2) is 5.71. The van der Waals surface area contributed by atoms with Gasteiger partial charge in [-0.1, -0.05) is 12.1 Å². The van der Waals surface area contributed by atoms with E-state index >= 15 is 0 Å². The Bertz CT molecular complexity index is 489. The monoisotopic (exact) mass is 262 g/mol. The second-order valence-electron chi connectivity index (χ2n) is 4.67. The minimum atomic E-state index is -0.371. The van der Waals surface area contributed by atoms with Crippen molar-refractivity contribution in [2.24, 2.45) is 5.73 Å². The molecule has 102 valence electrons. The highest BCUT2D eigenvalue weighted by molar-refractivity contribution is 5.95. The molecule has 5 N–H and O–H groups in total. The van der Waals surface area contributed by atoms with Crippen molar-refractivity contribution < 1.29 is 9.59 Å². The summed E-state index contributed by atoms with van der Waals surface area (Å²) in [6.07, 6.45) is 1.60. The topological polar surface area (TPSA) is 101 Å². The van der Waals surface area contributed by atoms with Gasteiger partial charge in [-0.25, -0.2) is 0 Å². The third kappa shape index (κ3) is 3.23. The van der Waals surface area contributed by atoms with E-state index in [1.54, 1.807) is 29.2 Å². The number of hydrogen-bond acceptors (Lipinski definition) is 4. The molecule has 0 spiro atoms. The zero-order chi connectivity index (χ0) is 13.8. The minimum Gasteiger partial charge on any atom is -0.397 e. The summed E-state index contributed by atoms with van der Waals surface area (Å²) in [6, 6.07) is 6.72. The van der Waals surface area contributed by atoms with Gasteiger partial charge in [-0.2, -0.15) is 0 Å². The van der Waals surface area contributed by atoms with Gasteiger partial charge >= 0.3 is 0 Å². The number of primary amides is 1. The van der Waals surface area contributed by atoms with Gasteiger partial charge in [-0.3, -0.25) is 14.5 Å². The number of likely N-dealkylation sites (tertiary alicyclic amines) is 1. The lowest BCUT2D eigenvalue weighted by atomic mass is 10.2. The minimum absolute atomic E-state index is 0.155. The predicted molar refractivity (Wildman–Crippen MR) is 73.3 cm³/mol. The fourth-order valence-corrected chi connectivity index (χ4v) is 2.32. The molecule has 1 heterocycles. The van der Waals surface area contributed by atoms with Crippen LogP contribution in [0.3, 0.4) is 0 Å². The maximum Gasteiger partial charge on any atom is 0.238 e. The molecule has 0 aromatic heterocycles. The largest absolute Gasteiger partial charge is 0.397 e. The molecule has 1 atom stereocenters. The summed E-state index contributed by atoms with van der Waals surface area (Å²) in [7, 11) is 0. The molecule has 1 aliphatic heterocycles. The Morgan fingerprint density at radius 3 is 2.79 bits per heavy atom. The van der Waals surface area contributed by atoms with Gasteiger partial charge in [0.2, 0.25) is 11.8 Å². The van der Waals surface area contributed by atoms with Crippen LogP contribution < -0.4 is 16.8 Å². The van der Waals surface area contributed by atoms with Crippen LogP contribution in [0, 0.1) is 0 Å². The van der Waals surface area contributed by atoms with Gasteiger partial charge in [0, 0.05) is 0 Å². The molecule has 1 saturated heterocycles. The maximum absolute atomic E-state index is 11.9. The summed E-state index contributed by atoms with van der Waals surface area (Å²) < 4.78 is 0. The van der Waals surface area contributed by atoms with Gasteiger partial charge in [-0.15, -0.1) is 0 Å². The Labute approximate surface area is 111 Å². The van der Waals surface area contributed by atoms with Crippen molar-refractivity contribution >= 4 is 23.2 Å². The van der Waals surface area contributed by atoms with E-state index in [-0.39, 0.29) is 24.4 Å². The van der Waals surface area contributed by atoms with Crippen molar-refractivity contribution in [1.82, 2.24) is 4.90 Å². The van der Waals surface area contributed by atoms with E-state index in [0.717, 1.165) is 12.8 Å². The number of carbonyl (C=O) groups is 2. The zero-order valence-electron chi connectivity index (χ0n) is 10.6. The van der Waals surface area contributed by atoms with Crippen molar-refractivity contribution in [3.05, 3.63) is 24.3 Å². The summed E-state index contributed by atoms with van der Waals surface area (Å²) in [6.45, 7) is 0.868. The van der Waals surface area contributed by atoms with E-state index in [1.807, 2.05) is 0 Å². The van der Waals surface area contributed by atoms with Crippen molar-refractivity contribution in [3.63, 3.8) is 0 Å². The molecule has 2 rings (SSSR count). The van der Waals surface area contributed by atoms with Crippen LogP contribution >= 0.6 is 0 Å². The normalized spacial score (nSPS) is 19.3. The van der Waals surface area contributed by atoms with Crippen LogP contribution in [0.4, 0.5) is 11.4 Å². The lowest BCUT2D eigenvalue weighted by Crippen LogP contribution is -2.43. The Morgan fingerprint density at radius 2 is 2.11 bits per heavy atom. The SMILES string of the molecule is NC(=O)C1CCCN1CC(=O)Nc1ccccc1N. The van der Waals surface area contributed by atoms with Crippen LogP contribution in [0.1, 0.15) is 12.8 Å². The van der Waals surface area contributed by atoms with Crippen LogP contribution in [-0.2, 0) is 9.59 Å². The third-order valence-electron chi connectivity index (χ3n) is 3.27. The quantitative estimate of drug-likeness (QED) is 0.672. The molecule has 6 heteroatoms. The molecule has 1 unspecified atom stereocenters. The summed E-state index contributed by atoms with van der Waals surface area (Å²) >= 11 is 0. The van der Waals surface area contributed by atoms with Gasteiger partial charge in [0.05, 0.1) is 24.0 Å². The molecule has 1 aliphatic rings. The number of anilines is 2. The number of hydrogen-bond donors (Lipinski definition) is 3. The number of nitrogens with zero attached hydrogens (tertiary/aromatic N) is 1. The zero-order valence-corrected chi connectivity index (χ0v) is 10.6. The number of carbonyl (C=O) groups excluding carboxylic acids is 2. The van der Waals surface area contributed by atoms with Crippen LogP contribution in [0.2, 0.25) is 0 Å². The second-order valence-corrected chi connectivity index (χ2v) is 4.67. The molecule has 19 heavy (non-hydrogen) atoms. The standard InChI is InChI=1S/C13H18N4O2/c14-9-4-1-2-5-10(9)16-12(18)8-17-7-3-6-11(17)13(15)19/h1-2,4-5,11H,3,6-8,14H2,(H2,15,19)(H,16,18). The number of nitrogen functional groups attached to an aromatic ring is 1. The molecule has 2 amide bonds. The van der Waals surface area contributed by atoms with Crippen molar-refractivity contribution in [1.29, 1.82) is 0 Å². The van der Waals surface area contributed by atoms with E-state index in [0.29, 0.717) is 17.9 Å². The molecule has 1 aromatic rings. The molecule has 1 aromatic carbocycles. The first-order chi connectivity index (χ1) is 9.08. The number of amides is 2. The van der Waals surface area contributed by atoms with Crippen molar-refractivity contribution in [2.75, 3.05) is 24.1 Å². The first-order valence-electron chi connectivity index (χ1n) is 6.25. The Morgan fingerprint density at radius 1 is 1.37 bits per heavy atom. The fourth-order valence-electron chi connectivity index (χ4n) is 2.32. The molecule has 6 nitrogen and oxygen atoms in total. The maximum atomic E-state index is 11.9. The summed E-state index contributed by atoms with van der Waals surface area (Å²) in [5.74, 6) is -0.560. The Hall–Kier alpha value is -2.08. The smallest absolute Gasteiger partial charge is 0.238 e. The van der Waals surface area contributed by atoms with Crippen molar-refractivity contribution in [3.8, 4) is 0 Å². The van der Waals surface area contributed by atoms with Crippen LogP contribution in [0.5, 0.6) is 0 Å². The van der Waals surface area contributed by atoms with Crippen LogP contribution in [-0.4, -0.2) is 35.8 Å². The lowest BCUT2D eigenvalue weighted by molar-refractivity contribution is -0.123. The van der Waals surface area contributed by atoms with E-state index in [4.69, 9.17) is 11.5 Å². The number of benzene rings is 1. The van der Waals surface area contributed by atoms with Gasteiger partial charge in [0.25, 0.3) is 0 Å². The Kier molecular flexibility index (Phi) is 4.01. The average Bonchev–Trinajstić information content (AvgIpc) is 2.80. The third-order valence-corrected chi connectivity index (χ3v) is 3.27. The van der Waals surface area contributed by atoms with Gasteiger partial charge in [-0.05, 0) is 31.5 Å². The Balaban J connectivity index is 1.95. The fraction of sp³-hybridized carbons (Fsp3) is 0.385. The van der Waals surface area contributed by atoms with Gasteiger partial charge in [0.1, 0.15) is 0 Å².